The first-order chi connectivity index (χ1) is 14.9. The minimum Gasteiger partial charge on any atom is -0.353 e. The third kappa shape index (κ3) is 4.15. The van der Waals surface area contributed by atoms with E-state index >= 15 is 0 Å². The van der Waals surface area contributed by atoms with Gasteiger partial charge in [0, 0.05) is 53.3 Å². The molecule has 0 spiro atoms. The van der Waals surface area contributed by atoms with Gasteiger partial charge in [-0.3, -0.25) is 4.79 Å². The van der Waals surface area contributed by atoms with Gasteiger partial charge in [0.15, 0.2) is 0 Å². The molecule has 3 heterocycles. The monoisotopic (exact) mass is 457 g/mol. The Morgan fingerprint density at radius 1 is 1.23 bits per heavy atom. The van der Waals surface area contributed by atoms with E-state index in [-0.39, 0.29) is 17.4 Å². The molecule has 5 rings (SSSR count). The minimum absolute atomic E-state index is 0.181. The zero-order chi connectivity index (χ0) is 21.6. The molecule has 2 aromatic rings. The number of benzene rings is 1. The molecule has 164 valence electrons. The summed E-state index contributed by atoms with van der Waals surface area (Å²) in [4.78, 5) is 26.9. The van der Waals surface area contributed by atoms with Crippen molar-refractivity contribution in [2.24, 2.45) is 11.7 Å². The van der Waals surface area contributed by atoms with E-state index in [4.69, 9.17) is 17.3 Å². The summed E-state index contributed by atoms with van der Waals surface area (Å²) in [5.41, 5.74) is 9.74. The first kappa shape index (κ1) is 21.0. The number of aromatic nitrogens is 2. The van der Waals surface area contributed by atoms with Crippen LogP contribution in [0.2, 0.25) is 5.02 Å². The second kappa shape index (κ2) is 8.26. The molecule has 8 heteroatoms. The average Bonchev–Trinajstić information content (AvgIpc) is 3.43. The van der Waals surface area contributed by atoms with E-state index in [0.29, 0.717) is 29.8 Å². The van der Waals surface area contributed by atoms with Crippen LogP contribution in [0.25, 0.3) is 0 Å². The van der Waals surface area contributed by atoms with Crippen LogP contribution in [0.4, 0.5) is 5.82 Å². The van der Waals surface area contributed by atoms with Gasteiger partial charge in [-0.15, -0.1) is 11.8 Å². The van der Waals surface area contributed by atoms with E-state index < -0.39 is 0 Å². The predicted molar refractivity (Wildman–Crippen MR) is 125 cm³/mol. The number of carbonyl (C=O) groups is 1. The number of carbonyl (C=O) groups excluding carboxylic acids is 1. The summed E-state index contributed by atoms with van der Waals surface area (Å²) in [5.74, 6) is 2.01. The van der Waals surface area contributed by atoms with Gasteiger partial charge < -0.3 is 15.5 Å². The van der Waals surface area contributed by atoms with Crippen molar-refractivity contribution in [3.8, 4) is 0 Å². The van der Waals surface area contributed by atoms with Gasteiger partial charge in [0.1, 0.15) is 12.1 Å². The number of piperazine rings is 1. The average molecular weight is 458 g/mol. The Kier molecular flexibility index (Phi) is 5.61. The summed E-state index contributed by atoms with van der Waals surface area (Å²) in [6, 6.07) is 7.77. The highest BCUT2D eigenvalue weighted by molar-refractivity contribution is 7.99. The van der Waals surface area contributed by atoms with Gasteiger partial charge in [-0.25, -0.2) is 9.97 Å². The molecule has 2 N–H and O–H groups in total. The Labute approximate surface area is 192 Å². The van der Waals surface area contributed by atoms with Gasteiger partial charge in [-0.1, -0.05) is 23.7 Å². The number of nitrogens with two attached hydrogens (primary N) is 1. The molecule has 0 radical (unpaired) electrons. The van der Waals surface area contributed by atoms with Crippen molar-refractivity contribution in [2.75, 3.05) is 31.1 Å². The fraction of sp³-hybridized carbons (Fsp3) is 0.522. The Hall–Kier alpha value is -1.83. The Balaban J connectivity index is 1.28. The van der Waals surface area contributed by atoms with Crippen LogP contribution in [0.5, 0.6) is 0 Å². The molecule has 2 atom stereocenters. The van der Waals surface area contributed by atoms with E-state index in [1.165, 1.54) is 5.56 Å². The van der Waals surface area contributed by atoms with E-state index in [2.05, 4.69) is 21.8 Å². The first-order valence-electron chi connectivity index (χ1n) is 11.0. The van der Waals surface area contributed by atoms with Crippen molar-refractivity contribution in [2.45, 2.75) is 42.7 Å². The second-order valence-corrected chi connectivity index (χ2v) is 10.7. The molecular weight excluding hydrogens is 430 g/mol. The van der Waals surface area contributed by atoms with E-state index in [9.17, 15) is 4.79 Å². The number of nitrogens with zero attached hydrogens (tertiary/aromatic N) is 4. The molecule has 1 aliphatic carbocycles. The molecule has 1 saturated heterocycles. The zero-order valence-corrected chi connectivity index (χ0v) is 19.3. The van der Waals surface area contributed by atoms with Crippen molar-refractivity contribution in [3.05, 3.63) is 52.4 Å². The molecular formula is C23H28ClN5OS. The van der Waals surface area contributed by atoms with Crippen molar-refractivity contribution in [1.29, 1.82) is 0 Å². The highest BCUT2D eigenvalue weighted by Gasteiger charge is 2.50. The summed E-state index contributed by atoms with van der Waals surface area (Å²) in [7, 11) is 0. The Bertz CT molecular complexity index is 972. The third-order valence-corrected chi connectivity index (χ3v) is 8.31. The molecule has 1 aromatic heterocycles. The van der Waals surface area contributed by atoms with Crippen LogP contribution in [-0.2, 0) is 17.0 Å². The van der Waals surface area contributed by atoms with Crippen LogP contribution in [-0.4, -0.2) is 52.5 Å². The van der Waals surface area contributed by atoms with Gasteiger partial charge in [0.25, 0.3) is 0 Å². The lowest BCUT2D eigenvalue weighted by molar-refractivity contribution is -0.136. The molecule has 0 bridgehead atoms. The predicted octanol–water partition coefficient (Wildman–Crippen LogP) is 3.44. The zero-order valence-electron chi connectivity index (χ0n) is 17.8. The fourth-order valence-electron chi connectivity index (χ4n) is 4.74. The van der Waals surface area contributed by atoms with Crippen LogP contribution in [0, 0.1) is 5.92 Å². The molecule has 2 fully saturated rings. The quantitative estimate of drug-likeness (QED) is 0.741. The van der Waals surface area contributed by atoms with Gasteiger partial charge in [0.2, 0.25) is 5.91 Å². The van der Waals surface area contributed by atoms with Gasteiger partial charge >= 0.3 is 0 Å². The fourth-order valence-corrected chi connectivity index (χ4v) is 5.91. The van der Waals surface area contributed by atoms with Crippen molar-refractivity contribution >= 4 is 35.1 Å². The summed E-state index contributed by atoms with van der Waals surface area (Å²) in [6.07, 6.45) is 4.18. The summed E-state index contributed by atoms with van der Waals surface area (Å²) >= 11 is 7.94. The lowest BCUT2D eigenvalue weighted by Crippen LogP contribution is -2.54. The topological polar surface area (TPSA) is 75.4 Å². The number of thioether (sulfide) groups is 1. The number of anilines is 1. The normalized spacial score (nSPS) is 22.9. The number of amides is 1. The van der Waals surface area contributed by atoms with Crippen molar-refractivity contribution in [3.63, 3.8) is 0 Å². The number of hydrogen-bond acceptors (Lipinski definition) is 6. The maximum absolute atomic E-state index is 13.5. The molecule has 3 aliphatic rings. The highest BCUT2D eigenvalue weighted by atomic mass is 35.5. The number of hydrogen-bond donors (Lipinski definition) is 1. The highest BCUT2D eigenvalue weighted by Crippen LogP contribution is 2.45. The van der Waals surface area contributed by atoms with Gasteiger partial charge in [0.05, 0.1) is 11.6 Å². The summed E-state index contributed by atoms with van der Waals surface area (Å²) in [6.45, 7) is 5.20. The lowest BCUT2D eigenvalue weighted by atomic mass is 9.89. The Morgan fingerprint density at radius 2 is 1.94 bits per heavy atom. The molecule has 1 saturated carbocycles. The van der Waals surface area contributed by atoms with Crippen LogP contribution in [0.15, 0.2) is 30.6 Å². The van der Waals surface area contributed by atoms with Crippen LogP contribution < -0.4 is 10.6 Å². The van der Waals surface area contributed by atoms with Crippen LogP contribution in [0.1, 0.15) is 41.8 Å². The molecule has 2 aliphatic heterocycles. The van der Waals surface area contributed by atoms with Crippen LogP contribution >= 0.6 is 23.4 Å². The molecule has 6 nitrogen and oxygen atoms in total. The van der Waals surface area contributed by atoms with E-state index in [1.807, 2.05) is 40.9 Å². The van der Waals surface area contributed by atoms with Gasteiger partial charge in [-0.2, -0.15) is 0 Å². The maximum atomic E-state index is 13.5. The van der Waals surface area contributed by atoms with E-state index in [1.54, 1.807) is 6.33 Å². The van der Waals surface area contributed by atoms with Gasteiger partial charge in [-0.05, 0) is 43.9 Å². The first-order valence-corrected chi connectivity index (χ1v) is 12.4. The lowest BCUT2D eigenvalue weighted by Gasteiger charge is -2.38. The summed E-state index contributed by atoms with van der Waals surface area (Å²) in [5, 5.41) is 1.13. The SMILES string of the molecule is CC1SCc2ncnc(N3CCN(C(=O)C(Cc4ccc(Cl)cc4)C4(N)CC4)CC3)c21. The van der Waals surface area contributed by atoms with Crippen molar-refractivity contribution < 1.29 is 4.79 Å². The molecule has 2 unspecified atom stereocenters. The smallest absolute Gasteiger partial charge is 0.227 e. The standard InChI is InChI=1S/C23H28ClN5OS/c1-15-20-19(13-31-15)26-14-27-21(20)28-8-10-29(11-9-28)22(30)18(23(25)6-7-23)12-16-2-4-17(24)5-3-16/h2-5,14-15,18H,6-13,25H2,1H3. The summed E-state index contributed by atoms with van der Waals surface area (Å²) < 4.78 is 0. The van der Waals surface area contributed by atoms with Crippen LogP contribution in [0.3, 0.4) is 0 Å². The third-order valence-electron chi connectivity index (χ3n) is 6.89. The number of fused-ring (bicyclic) bond motifs is 1. The largest absolute Gasteiger partial charge is 0.353 e. The molecule has 1 amide bonds. The molecule has 1 aromatic carbocycles. The molecule has 31 heavy (non-hydrogen) atoms. The number of rotatable bonds is 5. The maximum Gasteiger partial charge on any atom is 0.227 e. The van der Waals surface area contributed by atoms with E-state index in [0.717, 1.165) is 48.8 Å². The minimum atomic E-state index is -0.367. The second-order valence-electron chi connectivity index (χ2n) is 8.94. The number of halogens is 1. The Morgan fingerprint density at radius 3 is 2.61 bits per heavy atom. The van der Waals surface area contributed by atoms with Crippen molar-refractivity contribution in [1.82, 2.24) is 14.9 Å².